The number of carbonyl (C=O) groups excluding carboxylic acids is 1. The fourth-order valence-electron chi connectivity index (χ4n) is 2.45. The van der Waals surface area contributed by atoms with Gasteiger partial charge in [0.15, 0.2) is 0 Å². The van der Waals surface area contributed by atoms with Gasteiger partial charge in [0.25, 0.3) is 0 Å². The van der Waals surface area contributed by atoms with Crippen LogP contribution in [0.5, 0.6) is 0 Å². The number of carboxylic acids is 1. The Hall–Kier alpha value is -1.84. The number of hydrogen-bond acceptors (Lipinski definition) is 2. The molecule has 1 heterocycles. The van der Waals surface area contributed by atoms with Crippen molar-refractivity contribution in [3.63, 3.8) is 0 Å². The lowest BCUT2D eigenvalue weighted by molar-refractivity contribution is -0.155. The van der Waals surface area contributed by atoms with Crippen molar-refractivity contribution in [2.45, 2.75) is 31.7 Å². The molecule has 0 saturated carbocycles. The van der Waals surface area contributed by atoms with Crippen LogP contribution in [0.4, 0.5) is 0 Å². The molecule has 1 atom stereocenters. The van der Waals surface area contributed by atoms with Crippen LogP contribution in [0.2, 0.25) is 0 Å². The molecule has 1 aromatic rings. The highest BCUT2D eigenvalue weighted by molar-refractivity contribution is 5.88. The van der Waals surface area contributed by atoms with Crippen molar-refractivity contribution in [1.82, 2.24) is 4.90 Å². The van der Waals surface area contributed by atoms with E-state index in [2.05, 4.69) is 0 Å². The molecule has 1 aliphatic heterocycles. The lowest BCUT2D eigenvalue weighted by Gasteiger charge is -2.35. The Morgan fingerprint density at radius 3 is 2.56 bits per heavy atom. The van der Waals surface area contributed by atoms with E-state index < -0.39 is 11.5 Å². The number of carboxylic acid groups (broad SMARTS) is 1. The molecular weight excluding hydrogens is 230 g/mol. The molecule has 1 aromatic carbocycles. The lowest BCUT2D eigenvalue weighted by Crippen LogP contribution is -2.54. The van der Waals surface area contributed by atoms with Crippen LogP contribution in [0.3, 0.4) is 0 Å². The topological polar surface area (TPSA) is 57.6 Å². The molecular formula is C14H17NO3. The van der Waals surface area contributed by atoms with E-state index in [1.807, 2.05) is 30.3 Å². The maximum Gasteiger partial charge on any atom is 0.329 e. The van der Waals surface area contributed by atoms with Gasteiger partial charge in [-0.05, 0) is 18.9 Å². The molecule has 0 aromatic heterocycles. The quantitative estimate of drug-likeness (QED) is 0.881. The Balaban J connectivity index is 2.27. The predicted octanol–water partition coefficient (Wildman–Crippen LogP) is 1.69. The van der Waals surface area contributed by atoms with Gasteiger partial charge in [0.05, 0.1) is 0 Å². The molecule has 0 radical (unpaired) electrons. The van der Waals surface area contributed by atoms with Crippen molar-refractivity contribution < 1.29 is 14.7 Å². The molecule has 4 nitrogen and oxygen atoms in total. The monoisotopic (exact) mass is 247 g/mol. The largest absolute Gasteiger partial charge is 0.479 e. The zero-order chi connectivity index (χ0) is 13.2. The summed E-state index contributed by atoms with van der Waals surface area (Å²) < 4.78 is 0. The van der Waals surface area contributed by atoms with Crippen LogP contribution < -0.4 is 0 Å². The van der Waals surface area contributed by atoms with Crippen molar-refractivity contribution in [3.05, 3.63) is 35.9 Å². The van der Waals surface area contributed by atoms with Crippen LogP contribution in [0.1, 0.15) is 25.3 Å². The Morgan fingerprint density at radius 1 is 1.39 bits per heavy atom. The highest BCUT2D eigenvalue weighted by Crippen LogP contribution is 2.26. The second kappa shape index (κ2) is 4.80. The number of rotatable bonds is 4. The van der Waals surface area contributed by atoms with Gasteiger partial charge in [-0.3, -0.25) is 4.79 Å². The third-order valence-corrected chi connectivity index (χ3v) is 3.52. The Kier molecular flexibility index (Phi) is 3.36. The van der Waals surface area contributed by atoms with E-state index >= 15 is 0 Å². The molecule has 0 bridgehead atoms. The minimum atomic E-state index is -1.14. The Labute approximate surface area is 106 Å². The van der Waals surface area contributed by atoms with Crippen molar-refractivity contribution in [2.24, 2.45) is 0 Å². The highest BCUT2D eigenvalue weighted by atomic mass is 16.4. The number of nitrogens with zero attached hydrogens (tertiary/aromatic N) is 1. The fraction of sp³-hybridized carbons (Fsp3) is 0.429. The van der Waals surface area contributed by atoms with E-state index in [0.29, 0.717) is 19.4 Å². The van der Waals surface area contributed by atoms with E-state index in [1.54, 1.807) is 6.92 Å². The van der Waals surface area contributed by atoms with Gasteiger partial charge in [-0.25, -0.2) is 4.79 Å². The number of amides is 1. The first kappa shape index (κ1) is 12.6. The van der Waals surface area contributed by atoms with Gasteiger partial charge >= 0.3 is 5.97 Å². The van der Waals surface area contributed by atoms with Crippen LogP contribution in [-0.4, -0.2) is 34.0 Å². The Morgan fingerprint density at radius 2 is 2.06 bits per heavy atom. The van der Waals surface area contributed by atoms with Crippen LogP contribution >= 0.6 is 0 Å². The third kappa shape index (κ3) is 2.23. The molecule has 4 heteroatoms. The number of likely N-dealkylation sites (tertiary alicyclic amines) is 1. The van der Waals surface area contributed by atoms with Crippen LogP contribution in [-0.2, 0) is 16.0 Å². The maximum absolute atomic E-state index is 11.8. The molecule has 2 rings (SSSR count). The number of aliphatic carboxylic acids is 1. The van der Waals surface area contributed by atoms with Crippen LogP contribution in [0.25, 0.3) is 0 Å². The molecule has 1 fully saturated rings. The van der Waals surface area contributed by atoms with Crippen molar-refractivity contribution in [2.75, 3.05) is 6.54 Å². The van der Waals surface area contributed by atoms with E-state index in [4.69, 9.17) is 0 Å². The normalized spacial score (nSPS) is 18.7. The molecule has 18 heavy (non-hydrogen) atoms. The first-order valence-corrected chi connectivity index (χ1v) is 6.12. The minimum Gasteiger partial charge on any atom is -0.479 e. The maximum atomic E-state index is 11.8. The van der Waals surface area contributed by atoms with Gasteiger partial charge in [-0.2, -0.15) is 0 Å². The highest BCUT2D eigenvalue weighted by Gasteiger charge is 2.43. The molecule has 0 aliphatic carbocycles. The van der Waals surface area contributed by atoms with E-state index in [-0.39, 0.29) is 5.91 Å². The van der Waals surface area contributed by atoms with Crippen LogP contribution in [0, 0.1) is 0 Å². The summed E-state index contributed by atoms with van der Waals surface area (Å²) in [5.41, 5.74) is -0.211. The van der Waals surface area contributed by atoms with Crippen molar-refractivity contribution >= 4 is 11.9 Å². The summed E-state index contributed by atoms with van der Waals surface area (Å²) in [5, 5.41) is 9.48. The number of hydrogen-bond donors (Lipinski definition) is 1. The molecule has 1 amide bonds. The third-order valence-electron chi connectivity index (χ3n) is 3.52. The van der Waals surface area contributed by atoms with Gasteiger partial charge in [0.1, 0.15) is 5.54 Å². The van der Waals surface area contributed by atoms with E-state index in [0.717, 1.165) is 12.0 Å². The fourth-order valence-corrected chi connectivity index (χ4v) is 2.45. The Bertz CT molecular complexity index is 457. The molecule has 1 saturated heterocycles. The predicted molar refractivity (Wildman–Crippen MR) is 67.1 cm³/mol. The van der Waals surface area contributed by atoms with Crippen LogP contribution in [0.15, 0.2) is 30.3 Å². The summed E-state index contributed by atoms with van der Waals surface area (Å²) in [6.45, 7) is 2.17. The zero-order valence-corrected chi connectivity index (χ0v) is 10.4. The zero-order valence-electron chi connectivity index (χ0n) is 10.4. The average molecular weight is 247 g/mol. The second-order valence-electron chi connectivity index (χ2n) is 4.89. The first-order chi connectivity index (χ1) is 8.54. The molecule has 1 aliphatic rings. The van der Waals surface area contributed by atoms with Crippen molar-refractivity contribution in [3.8, 4) is 0 Å². The summed E-state index contributed by atoms with van der Waals surface area (Å²) in [5.74, 6) is -1.00. The molecule has 0 spiro atoms. The summed E-state index contributed by atoms with van der Waals surface area (Å²) in [6.07, 6.45) is 1.54. The summed E-state index contributed by atoms with van der Waals surface area (Å²) in [7, 11) is 0. The molecule has 1 N–H and O–H groups in total. The summed E-state index contributed by atoms with van der Waals surface area (Å²) in [4.78, 5) is 24.8. The SMILES string of the molecule is CC(Cc1ccccc1)(C(=O)O)N1CCCC1=O. The van der Waals surface area contributed by atoms with Gasteiger partial charge in [0.2, 0.25) is 5.91 Å². The van der Waals surface area contributed by atoms with Gasteiger partial charge in [0, 0.05) is 19.4 Å². The minimum absolute atomic E-state index is 0.0594. The first-order valence-electron chi connectivity index (χ1n) is 6.12. The summed E-state index contributed by atoms with van der Waals surface area (Å²) >= 11 is 0. The van der Waals surface area contributed by atoms with E-state index in [9.17, 15) is 14.7 Å². The smallest absolute Gasteiger partial charge is 0.329 e. The second-order valence-corrected chi connectivity index (χ2v) is 4.89. The molecule has 1 unspecified atom stereocenters. The number of carbonyl (C=O) groups is 2. The standard InChI is InChI=1S/C14H17NO3/c1-14(13(17)18,15-9-5-8-12(15)16)10-11-6-3-2-4-7-11/h2-4,6-7H,5,8-10H2,1H3,(H,17,18). The van der Waals surface area contributed by atoms with Gasteiger partial charge in [-0.1, -0.05) is 30.3 Å². The van der Waals surface area contributed by atoms with Crippen molar-refractivity contribution in [1.29, 1.82) is 0 Å². The van der Waals surface area contributed by atoms with E-state index in [1.165, 1.54) is 4.90 Å². The molecule has 96 valence electrons. The van der Waals surface area contributed by atoms with Gasteiger partial charge < -0.3 is 10.0 Å². The summed E-state index contributed by atoms with van der Waals surface area (Å²) in [6, 6.07) is 9.43. The average Bonchev–Trinajstić information content (AvgIpc) is 2.77. The number of benzene rings is 1. The van der Waals surface area contributed by atoms with Gasteiger partial charge in [-0.15, -0.1) is 0 Å². The lowest BCUT2D eigenvalue weighted by atomic mass is 9.91.